The molecule has 1 saturated heterocycles. The van der Waals surface area contributed by atoms with Crippen LogP contribution >= 0.6 is 23.2 Å². The van der Waals surface area contributed by atoms with Gasteiger partial charge in [0.1, 0.15) is 5.88 Å². The Morgan fingerprint density at radius 1 is 1.28 bits per heavy atom. The van der Waals surface area contributed by atoms with Crippen molar-refractivity contribution < 1.29 is 4.79 Å². The molecule has 1 amide bonds. The van der Waals surface area contributed by atoms with E-state index >= 15 is 0 Å². The zero-order valence-corrected chi connectivity index (χ0v) is 11.8. The second kappa shape index (κ2) is 5.81. The summed E-state index contributed by atoms with van der Waals surface area (Å²) in [7, 11) is 0. The van der Waals surface area contributed by atoms with E-state index in [-0.39, 0.29) is 11.8 Å². The minimum atomic E-state index is 0.00585. The van der Waals surface area contributed by atoms with E-state index < -0.39 is 0 Å². The molecule has 0 atom stereocenters. The van der Waals surface area contributed by atoms with Gasteiger partial charge in [0.25, 0.3) is 0 Å². The lowest BCUT2D eigenvalue weighted by Gasteiger charge is -2.36. The zero-order valence-electron chi connectivity index (χ0n) is 10.3. The van der Waals surface area contributed by atoms with E-state index in [2.05, 4.69) is 11.0 Å². The highest BCUT2D eigenvalue weighted by Gasteiger charge is 2.21. The minimum absolute atomic E-state index is 0.00585. The fraction of sp³-hybridized carbons (Fsp3) is 0.462. The number of carbonyl (C=O) groups is 1. The van der Waals surface area contributed by atoms with E-state index in [1.807, 2.05) is 19.1 Å². The summed E-state index contributed by atoms with van der Waals surface area (Å²) in [5.74, 6) is 0.0667. The predicted molar refractivity (Wildman–Crippen MR) is 75.7 cm³/mol. The van der Waals surface area contributed by atoms with E-state index in [1.165, 1.54) is 0 Å². The number of halogens is 2. The second-order valence-electron chi connectivity index (χ2n) is 4.46. The number of anilines is 1. The standard InChI is InChI=1S/C13H16Cl2N2O/c1-10-2-3-12(11(15)8-10)16-4-6-17(7-5-16)13(18)9-14/h2-3,8H,4-7,9H2,1H3. The van der Waals surface area contributed by atoms with Crippen molar-refractivity contribution in [1.82, 2.24) is 4.90 Å². The normalized spacial score (nSPS) is 15.9. The van der Waals surface area contributed by atoms with Crippen LogP contribution in [-0.2, 0) is 4.79 Å². The molecule has 0 spiro atoms. The molecule has 2 rings (SSSR count). The molecular weight excluding hydrogens is 271 g/mol. The lowest BCUT2D eigenvalue weighted by atomic mass is 10.2. The highest BCUT2D eigenvalue weighted by molar-refractivity contribution is 6.33. The molecule has 0 aliphatic carbocycles. The number of nitrogens with zero attached hydrogens (tertiary/aromatic N) is 2. The Morgan fingerprint density at radius 2 is 1.94 bits per heavy atom. The molecular formula is C13H16Cl2N2O. The molecule has 0 aromatic heterocycles. The smallest absolute Gasteiger partial charge is 0.237 e. The van der Waals surface area contributed by atoms with E-state index in [1.54, 1.807) is 4.90 Å². The topological polar surface area (TPSA) is 23.6 Å². The maximum atomic E-state index is 11.5. The largest absolute Gasteiger partial charge is 0.367 e. The summed E-state index contributed by atoms with van der Waals surface area (Å²) in [5, 5.41) is 0.770. The first kappa shape index (κ1) is 13.5. The Hall–Kier alpha value is -0.930. The Kier molecular flexibility index (Phi) is 4.36. The quantitative estimate of drug-likeness (QED) is 0.780. The first-order valence-corrected chi connectivity index (χ1v) is 6.88. The average Bonchev–Trinajstić information content (AvgIpc) is 2.38. The maximum absolute atomic E-state index is 11.5. The van der Waals surface area contributed by atoms with Gasteiger partial charge in [0.15, 0.2) is 0 Å². The molecule has 18 heavy (non-hydrogen) atoms. The number of alkyl halides is 1. The highest BCUT2D eigenvalue weighted by atomic mass is 35.5. The molecule has 1 aromatic rings. The number of rotatable bonds is 2. The maximum Gasteiger partial charge on any atom is 0.237 e. The van der Waals surface area contributed by atoms with Crippen LogP contribution < -0.4 is 4.90 Å². The van der Waals surface area contributed by atoms with Crippen molar-refractivity contribution in [3.63, 3.8) is 0 Å². The summed E-state index contributed by atoms with van der Waals surface area (Å²) in [6, 6.07) is 6.06. The Labute approximate surface area is 117 Å². The van der Waals surface area contributed by atoms with Crippen LogP contribution in [0, 0.1) is 6.92 Å². The molecule has 1 aliphatic rings. The van der Waals surface area contributed by atoms with Gasteiger partial charge in [-0.15, -0.1) is 11.6 Å². The average molecular weight is 287 g/mol. The van der Waals surface area contributed by atoms with Crippen LogP contribution in [0.3, 0.4) is 0 Å². The van der Waals surface area contributed by atoms with Gasteiger partial charge in [0.05, 0.1) is 10.7 Å². The molecule has 1 heterocycles. The molecule has 0 bridgehead atoms. The molecule has 1 aliphatic heterocycles. The number of benzene rings is 1. The third-order valence-corrected chi connectivity index (χ3v) is 3.72. The van der Waals surface area contributed by atoms with Crippen molar-refractivity contribution in [2.45, 2.75) is 6.92 Å². The molecule has 1 aromatic carbocycles. The first-order valence-electron chi connectivity index (χ1n) is 5.96. The third-order valence-electron chi connectivity index (χ3n) is 3.19. The van der Waals surface area contributed by atoms with Crippen molar-refractivity contribution in [2.24, 2.45) is 0 Å². The molecule has 5 heteroatoms. The molecule has 0 radical (unpaired) electrons. The summed E-state index contributed by atoms with van der Waals surface area (Å²) < 4.78 is 0. The van der Waals surface area contributed by atoms with Crippen LogP contribution in [0.25, 0.3) is 0 Å². The van der Waals surface area contributed by atoms with Crippen LogP contribution in [-0.4, -0.2) is 42.9 Å². The Bertz CT molecular complexity index is 443. The minimum Gasteiger partial charge on any atom is -0.367 e. The fourth-order valence-corrected chi connectivity index (χ4v) is 2.67. The van der Waals surface area contributed by atoms with Crippen molar-refractivity contribution in [3.05, 3.63) is 28.8 Å². The van der Waals surface area contributed by atoms with Gasteiger partial charge < -0.3 is 9.80 Å². The Morgan fingerprint density at radius 3 is 2.50 bits per heavy atom. The van der Waals surface area contributed by atoms with Gasteiger partial charge in [0.2, 0.25) is 5.91 Å². The van der Waals surface area contributed by atoms with Crippen LogP contribution in [0.1, 0.15) is 5.56 Å². The number of amides is 1. The monoisotopic (exact) mass is 286 g/mol. The molecule has 0 N–H and O–H groups in total. The van der Waals surface area contributed by atoms with Crippen LogP contribution in [0.4, 0.5) is 5.69 Å². The number of hydrogen-bond donors (Lipinski definition) is 0. The summed E-state index contributed by atoms with van der Waals surface area (Å²) in [5.41, 5.74) is 2.19. The summed E-state index contributed by atoms with van der Waals surface area (Å²) >= 11 is 11.8. The molecule has 0 unspecified atom stereocenters. The number of piperazine rings is 1. The van der Waals surface area contributed by atoms with Gasteiger partial charge >= 0.3 is 0 Å². The predicted octanol–water partition coefficient (Wildman–Crippen LogP) is 2.54. The summed E-state index contributed by atoms with van der Waals surface area (Å²) in [6.45, 7) is 5.02. The van der Waals surface area contributed by atoms with Crippen LogP contribution in [0.15, 0.2) is 18.2 Å². The zero-order chi connectivity index (χ0) is 13.1. The third kappa shape index (κ3) is 2.90. The number of hydrogen-bond acceptors (Lipinski definition) is 2. The van der Waals surface area contributed by atoms with Gasteiger partial charge in [-0.05, 0) is 24.6 Å². The van der Waals surface area contributed by atoms with Crippen molar-refractivity contribution in [1.29, 1.82) is 0 Å². The van der Waals surface area contributed by atoms with E-state index in [0.29, 0.717) is 13.1 Å². The van der Waals surface area contributed by atoms with Gasteiger partial charge in [-0.1, -0.05) is 17.7 Å². The lowest BCUT2D eigenvalue weighted by Crippen LogP contribution is -2.49. The van der Waals surface area contributed by atoms with E-state index in [4.69, 9.17) is 23.2 Å². The molecule has 0 saturated carbocycles. The number of aryl methyl sites for hydroxylation is 1. The van der Waals surface area contributed by atoms with Gasteiger partial charge in [-0.25, -0.2) is 0 Å². The first-order chi connectivity index (χ1) is 8.61. The lowest BCUT2D eigenvalue weighted by molar-refractivity contribution is -0.128. The Balaban J connectivity index is 2.03. The summed E-state index contributed by atoms with van der Waals surface area (Å²) in [6.07, 6.45) is 0. The number of carbonyl (C=O) groups excluding carboxylic acids is 1. The van der Waals surface area contributed by atoms with Crippen molar-refractivity contribution >= 4 is 34.8 Å². The van der Waals surface area contributed by atoms with Crippen molar-refractivity contribution in [2.75, 3.05) is 37.0 Å². The van der Waals surface area contributed by atoms with Gasteiger partial charge in [-0.2, -0.15) is 0 Å². The van der Waals surface area contributed by atoms with Gasteiger partial charge in [0, 0.05) is 26.2 Å². The summed E-state index contributed by atoms with van der Waals surface area (Å²) in [4.78, 5) is 15.5. The van der Waals surface area contributed by atoms with E-state index in [0.717, 1.165) is 29.4 Å². The molecule has 1 fully saturated rings. The van der Waals surface area contributed by atoms with Crippen LogP contribution in [0.5, 0.6) is 0 Å². The molecule has 98 valence electrons. The second-order valence-corrected chi connectivity index (χ2v) is 5.13. The van der Waals surface area contributed by atoms with E-state index in [9.17, 15) is 4.79 Å². The SMILES string of the molecule is Cc1ccc(N2CCN(C(=O)CCl)CC2)c(Cl)c1. The fourth-order valence-electron chi connectivity index (χ4n) is 2.15. The van der Waals surface area contributed by atoms with Crippen LogP contribution in [0.2, 0.25) is 5.02 Å². The van der Waals surface area contributed by atoms with Crippen molar-refractivity contribution in [3.8, 4) is 0 Å². The van der Waals surface area contributed by atoms with Gasteiger partial charge in [-0.3, -0.25) is 4.79 Å². The molecule has 3 nitrogen and oxygen atoms in total. The highest BCUT2D eigenvalue weighted by Crippen LogP contribution is 2.27.